The summed E-state index contributed by atoms with van der Waals surface area (Å²) in [5.41, 5.74) is 2.10. The maximum absolute atomic E-state index is 12.9. The first-order chi connectivity index (χ1) is 11.4. The molecule has 0 radical (unpaired) electrons. The molecule has 1 fully saturated rings. The van der Waals surface area contributed by atoms with Gasteiger partial charge in [-0.1, -0.05) is 46.8 Å². The minimum atomic E-state index is -0.161. The van der Waals surface area contributed by atoms with Crippen LogP contribution >= 0.6 is 39.9 Å². The van der Waals surface area contributed by atoms with Crippen LogP contribution in [0.1, 0.15) is 32.8 Å². The van der Waals surface area contributed by atoms with Crippen LogP contribution in [0, 0.1) is 0 Å². The van der Waals surface area contributed by atoms with Crippen molar-refractivity contribution in [3.63, 3.8) is 0 Å². The second-order valence-corrected chi connectivity index (χ2v) is 8.28. The SMILES string of the molecule is CC[C@H](C)N1C(=O)/C(=C2/C(=O)N(CC)c3ccc(Br)cc32)SC1=S. The molecule has 2 amide bonds. The number of thiocarbonyl (C=S) groups is 1. The molecule has 7 heteroatoms. The highest BCUT2D eigenvalue weighted by Gasteiger charge is 2.42. The van der Waals surface area contributed by atoms with E-state index in [1.165, 1.54) is 11.8 Å². The van der Waals surface area contributed by atoms with Gasteiger partial charge >= 0.3 is 0 Å². The molecule has 0 unspecified atom stereocenters. The minimum Gasteiger partial charge on any atom is -0.308 e. The van der Waals surface area contributed by atoms with E-state index < -0.39 is 0 Å². The Bertz CT molecular complexity index is 791. The van der Waals surface area contributed by atoms with Crippen molar-refractivity contribution in [2.24, 2.45) is 0 Å². The third kappa shape index (κ3) is 2.62. The van der Waals surface area contributed by atoms with Gasteiger partial charge in [-0.05, 0) is 38.5 Å². The zero-order valence-electron chi connectivity index (χ0n) is 13.6. The molecular formula is C17H17BrN2O2S2. The van der Waals surface area contributed by atoms with Crippen LogP contribution in [0.5, 0.6) is 0 Å². The molecular weight excluding hydrogens is 408 g/mol. The van der Waals surface area contributed by atoms with Crippen molar-refractivity contribution in [3.8, 4) is 0 Å². The molecule has 0 saturated carbocycles. The summed E-state index contributed by atoms with van der Waals surface area (Å²) in [6.07, 6.45) is 0.812. The Balaban J connectivity index is 2.17. The van der Waals surface area contributed by atoms with E-state index in [1.54, 1.807) is 9.80 Å². The molecule has 1 aromatic rings. The number of benzene rings is 1. The quantitative estimate of drug-likeness (QED) is 0.538. The van der Waals surface area contributed by atoms with Crippen LogP contribution in [0.15, 0.2) is 27.6 Å². The highest BCUT2D eigenvalue weighted by Crippen LogP contribution is 2.45. The van der Waals surface area contributed by atoms with Crippen LogP contribution in [0.25, 0.3) is 5.57 Å². The van der Waals surface area contributed by atoms with Crippen molar-refractivity contribution in [1.82, 2.24) is 4.90 Å². The highest BCUT2D eigenvalue weighted by molar-refractivity contribution is 9.10. The van der Waals surface area contributed by atoms with Crippen molar-refractivity contribution in [2.75, 3.05) is 11.4 Å². The summed E-state index contributed by atoms with van der Waals surface area (Å²) < 4.78 is 1.40. The van der Waals surface area contributed by atoms with Gasteiger partial charge < -0.3 is 4.90 Å². The Kier molecular flexibility index (Phi) is 4.86. The fraction of sp³-hybridized carbons (Fsp3) is 0.353. The van der Waals surface area contributed by atoms with Crippen LogP contribution in [-0.4, -0.2) is 33.6 Å². The molecule has 2 aliphatic heterocycles. The minimum absolute atomic E-state index is 0.0244. The molecule has 3 rings (SSSR count). The van der Waals surface area contributed by atoms with Crippen LogP contribution in [0.3, 0.4) is 0 Å². The third-order valence-electron chi connectivity index (χ3n) is 4.35. The maximum Gasteiger partial charge on any atom is 0.267 e. The van der Waals surface area contributed by atoms with Crippen LogP contribution in [0.4, 0.5) is 5.69 Å². The van der Waals surface area contributed by atoms with Gasteiger partial charge in [-0.3, -0.25) is 14.5 Å². The van der Waals surface area contributed by atoms with E-state index in [0.29, 0.717) is 21.3 Å². The van der Waals surface area contributed by atoms with Gasteiger partial charge in [0.05, 0.1) is 16.2 Å². The topological polar surface area (TPSA) is 40.6 Å². The second-order valence-electron chi connectivity index (χ2n) is 5.72. The third-order valence-corrected chi connectivity index (χ3v) is 6.25. The van der Waals surface area contributed by atoms with Gasteiger partial charge in [0.1, 0.15) is 4.32 Å². The summed E-state index contributed by atoms with van der Waals surface area (Å²) in [4.78, 5) is 29.6. The highest BCUT2D eigenvalue weighted by atomic mass is 79.9. The van der Waals surface area contributed by atoms with Gasteiger partial charge in [-0.15, -0.1) is 0 Å². The summed E-state index contributed by atoms with van der Waals surface area (Å²) in [5.74, 6) is -0.290. The number of fused-ring (bicyclic) bond motifs is 1. The van der Waals surface area contributed by atoms with Crippen molar-refractivity contribution in [3.05, 3.63) is 33.1 Å². The number of amides is 2. The molecule has 1 aromatic carbocycles. The summed E-state index contributed by atoms with van der Waals surface area (Å²) in [6.45, 7) is 6.47. The van der Waals surface area contributed by atoms with Gasteiger partial charge in [0, 0.05) is 22.6 Å². The van der Waals surface area contributed by atoms with Gasteiger partial charge in [0.15, 0.2) is 0 Å². The number of carbonyl (C=O) groups is 2. The molecule has 0 aromatic heterocycles. The van der Waals surface area contributed by atoms with Crippen molar-refractivity contribution in [2.45, 2.75) is 33.2 Å². The van der Waals surface area contributed by atoms with Gasteiger partial charge in [-0.2, -0.15) is 0 Å². The lowest BCUT2D eigenvalue weighted by molar-refractivity contribution is -0.123. The Morgan fingerprint density at radius 2 is 1.96 bits per heavy atom. The lowest BCUT2D eigenvalue weighted by Gasteiger charge is -2.21. The number of rotatable bonds is 3. The number of hydrogen-bond donors (Lipinski definition) is 0. The van der Waals surface area contributed by atoms with E-state index in [9.17, 15) is 9.59 Å². The smallest absolute Gasteiger partial charge is 0.267 e. The summed E-state index contributed by atoms with van der Waals surface area (Å²) >= 11 is 10.1. The first kappa shape index (κ1) is 17.6. The molecule has 0 spiro atoms. The lowest BCUT2D eigenvalue weighted by Crippen LogP contribution is -2.36. The predicted molar refractivity (Wildman–Crippen MR) is 106 cm³/mol. The number of halogens is 1. The fourth-order valence-electron chi connectivity index (χ4n) is 2.93. The average Bonchev–Trinajstić information content (AvgIpc) is 2.99. The van der Waals surface area contributed by atoms with E-state index in [-0.39, 0.29) is 17.9 Å². The molecule has 4 nitrogen and oxygen atoms in total. The zero-order chi connectivity index (χ0) is 17.6. The number of carbonyl (C=O) groups excluding carboxylic acids is 2. The molecule has 126 valence electrons. The second kappa shape index (κ2) is 6.61. The van der Waals surface area contributed by atoms with Crippen molar-refractivity contribution >= 4 is 67.3 Å². The van der Waals surface area contributed by atoms with E-state index in [1.807, 2.05) is 39.0 Å². The normalized spacial score (nSPS) is 21.8. The fourth-order valence-corrected chi connectivity index (χ4v) is 4.82. The van der Waals surface area contributed by atoms with Crippen LogP contribution in [-0.2, 0) is 9.59 Å². The predicted octanol–water partition coefficient (Wildman–Crippen LogP) is 4.19. The molecule has 0 aliphatic carbocycles. The summed E-state index contributed by atoms with van der Waals surface area (Å²) in [5, 5.41) is 0. The largest absolute Gasteiger partial charge is 0.308 e. The average molecular weight is 425 g/mol. The zero-order valence-corrected chi connectivity index (χ0v) is 16.8. The van der Waals surface area contributed by atoms with Gasteiger partial charge in [-0.25, -0.2) is 0 Å². The number of anilines is 1. The number of hydrogen-bond acceptors (Lipinski definition) is 4. The molecule has 2 aliphatic rings. The number of nitrogens with zero attached hydrogens (tertiary/aromatic N) is 2. The van der Waals surface area contributed by atoms with Gasteiger partial charge in [0.2, 0.25) is 0 Å². The Morgan fingerprint density at radius 3 is 2.58 bits per heavy atom. The molecule has 0 bridgehead atoms. The molecule has 24 heavy (non-hydrogen) atoms. The first-order valence-electron chi connectivity index (χ1n) is 7.82. The van der Waals surface area contributed by atoms with E-state index in [0.717, 1.165) is 22.1 Å². The monoisotopic (exact) mass is 424 g/mol. The Hall–Kier alpha value is -1.18. The Morgan fingerprint density at radius 1 is 1.25 bits per heavy atom. The number of likely N-dealkylation sites (N-methyl/N-ethyl adjacent to an activating group) is 1. The molecule has 2 heterocycles. The molecule has 1 atom stereocenters. The lowest BCUT2D eigenvalue weighted by atomic mass is 10.1. The van der Waals surface area contributed by atoms with Gasteiger partial charge in [0.25, 0.3) is 11.8 Å². The number of thioether (sulfide) groups is 1. The molecule has 1 saturated heterocycles. The van der Waals surface area contributed by atoms with Crippen molar-refractivity contribution < 1.29 is 9.59 Å². The maximum atomic E-state index is 12.9. The van der Waals surface area contributed by atoms with E-state index in [4.69, 9.17) is 12.2 Å². The summed E-state index contributed by atoms with van der Waals surface area (Å²) in [6, 6.07) is 5.73. The Labute approximate surface area is 159 Å². The van der Waals surface area contributed by atoms with E-state index >= 15 is 0 Å². The van der Waals surface area contributed by atoms with Crippen molar-refractivity contribution in [1.29, 1.82) is 0 Å². The first-order valence-corrected chi connectivity index (χ1v) is 9.83. The van der Waals surface area contributed by atoms with Crippen LogP contribution < -0.4 is 4.90 Å². The summed E-state index contributed by atoms with van der Waals surface area (Å²) in [7, 11) is 0. The standard InChI is InChI=1S/C17H17BrN2O2S2/c1-4-9(3)20-16(22)14(24-17(20)23)13-11-8-10(18)6-7-12(11)19(5-2)15(13)21/h6-9H,4-5H2,1-3H3/b14-13-/t9-/m0/s1. The van der Waals surface area contributed by atoms with E-state index in [2.05, 4.69) is 15.9 Å². The molecule has 0 N–H and O–H groups in total. The van der Waals surface area contributed by atoms with Crippen LogP contribution in [0.2, 0.25) is 0 Å².